The van der Waals surface area contributed by atoms with Gasteiger partial charge in [0, 0.05) is 37.3 Å². The van der Waals surface area contributed by atoms with Crippen LogP contribution in [0.5, 0.6) is 0 Å². The molecule has 7 nitrogen and oxygen atoms in total. The van der Waals surface area contributed by atoms with E-state index in [-0.39, 0.29) is 43.1 Å². The van der Waals surface area contributed by atoms with E-state index in [2.05, 4.69) is 0 Å². The molecular formula is C15H14N2O5. The van der Waals surface area contributed by atoms with Crippen molar-refractivity contribution in [2.75, 3.05) is 26.2 Å². The van der Waals surface area contributed by atoms with Crippen molar-refractivity contribution in [1.82, 2.24) is 9.80 Å². The van der Waals surface area contributed by atoms with E-state index < -0.39 is 23.7 Å². The van der Waals surface area contributed by atoms with E-state index in [1.54, 1.807) is 23.1 Å². The Bertz CT molecular complexity index is 676. The van der Waals surface area contributed by atoms with Crippen LogP contribution in [-0.2, 0) is 4.79 Å². The number of benzene rings is 1. The zero-order chi connectivity index (χ0) is 15.9. The van der Waals surface area contributed by atoms with E-state index in [0.717, 1.165) is 0 Å². The second kappa shape index (κ2) is 5.34. The van der Waals surface area contributed by atoms with Crippen molar-refractivity contribution >= 4 is 23.4 Å². The number of amides is 1. The molecule has 1 aromatic rings. The molecule has 1 aromatic carbocycles. The van der Waals surface area contributed by atoms with Crippen molar-refractivity contribution in [3.8, 4) is 0 Å². The number of carboxylic acid groups (broad SMARTS) is 1. The third-order valence-corrected chi connectivity index (χ3v) is 4.11. The van der Waals surface area contributed by atoms with Gasteiger partial charge in [-0.3, -0.25) is 19.3 Å². The Balaban J connectivity index is 1.87. The van der Waals surface area contributed by atoms with Crippen LogP contribution in [-0.4, -0.2) is 70.6 Å². The van der Waals surface area contributed by atoms with Crippen LogP contribution in [0, 0.1) is 0 Å². The molecule has 2 aliphatic rings. The molecule has 7 heteroatoms. The molecule has 3 rings (SSSR count). The number of rotatable bonds is 1. The molecule has 1 amide bonds. The molecule has 1 heterocycles. The van der Waals surface area contributed by atoms with Crippen LogP contribution in [0.4, 0.5) is 4.79 Å². The molecule has 0 spiro atoms. The summed E-state index contributed by atoms with van der Waals surface area (Å²) >= 11 is 0. The zero-order valence-electron chi connectivity index (χ0n) is 11.7. The smallest absolute Gasteiger partial charge is 0.407 e. The lowest BCUT2D eigenvalue weighted by Gasteiger charge is -2.37. The highest BCUT2D eigenvalue weighted by Gasteiger charge is 2.44. The van der Waals surface area contributed by atoms with Crippen molar-refractivity contribution in [3.05, 3.63) is 35.4 Å². The minimum absolute atomic E-state index is 0.151. The summed E-state index contributed by atoms with van der Waals surface area (Å²) in [6.45, 7) is 0.929. The topological polar surface area (TPSA) is 95.0 Å². The van der Waals surface area contributed by atoms with Gasteiger partial charge in [-0.25, -0.2) is 4.79 Å². The number of hydrogen-bond acceptors (Lipinski definition) is 5. The Morgan fingerprint density at radius 1 is 0.955 bits per heavy atom. The third kappa shape index (κ3) is 2.19. The van der Waals surface area contributed by atoms with E-state index in [9.17, 15) is 19.2 Å². The first-order valence-electron chi connectivity index (χ1n) is 6.94. The number of carbonyl (C=O) groups excluding carboxylic acids is 3. The molecule has 0 bridgehead atoms. The Morgan fingerprint density at radius 3 is 2.14 bits per heavy atom. The normalized spacial score (nSPS) is 22.6. The van der Waals surface area contributed by atoms with Crippen molar-refractivity contribution in [2.24, 2.45) is 0 Å². The first-order valence-corrected chi connectivity index (χ1v) is 6.94. The van der Waals surface area contributed by atoms with Gasteiger partial charge in [0.2, 0.25) is 11.6 Å². The number of piperazine rings is 1. The van der Waals surface area contributed by atoms with Crippen LogP contribution in [0.15, 0.2) is 24.3 Å². The lowest BCUT2D eigenvalue weighted by atomic mass is 9.84. The number of ketones is 3. The van der Waals surface area contributed by atoms with Gasteiger partial charge in [0.05, 0.1) is 0 Å². The highest BCUT2D eigenvalue weighted by atomic mass is 16.4. The standard InChI is InChI=1S/C15H14N2O5/c18-12-9-3-1-2-4-10(9)13(19)14(20)11(12)16-5-7-17(8-6-16)15(21)22/h1-4,11H,5-8H2,(H,21,22). The van der Waals surface area contributed by atoms with Crippen molar-refractivity contribution in [1.29, 1.82) is 0 Å². The van der Waals surface area contributed by atoms with Crippen LogP contribution < -0.4 is 0 Å². The molecule has 1 saturated heterocycles. The Hall–Kier alpha value is -2.54. The van der Waals surface area contributed by atoms with Crippen LogP contribution in [0.3, 0.4) is 0 Å². The fraction of sp³-hybridized carbons (Fsp3) is 0.333. The van der Waals surface area contributed by atoms with Crippen LogP contribution in [0.25, 0.3) is 0 Å². The maximum atomic E-state index is 12.5. The maximum Gasteiger partial charge on any atom is 0.407 e. The fourth-order valence-corrected chi connectivity index (χ4v) is 2.92. The molecule has 1 N–H and O–H groups in total. The second-order valence-electron chi connectivity index (χ2n) is 5.31. The summed E-state index contributed by atoms with van der Waals surface area (Å²) in [7, 11) is 0. The van der Waals surface area contributed by atoms with E-state index in [0.29, 0.717) is 0 Å². The summed E-state index contributed by atoms with van der Waals surface area (Å²) in [5.41, 5.74) is 0.413. The van der Waals surface area contributed by atoms with Gasteiger partial charge in [0.15, 0.2) is 5.78 Å². The minimum atomic E-state index is -1.13. The molecular weight excluding hydrogens is 288 g/mol. The summed E-state index contributed by atoms with van der Waals surface area (Å²) in [6, 6.07) is 5.16. The first kappa shape index (κ1) is 14.4. The van der Waals surface area contributed by atoms with Crippen molar-refractivity contribution in [3.63, 3.8) is 0 Å². The van der Waals surface area contributed by atoms with Gasteiger partial charge in [0.1, 0.15) is 6.04 Å². The zero-order valence-corrected chi connectivity index (χ0v) is 11.7. The lowest BCUT2D eigenvalue weighted by molar-refractivity contribution is -0.119. The Morgan fingerprint density at radius 2 is 1.55 bits per heavy atom. The molecule has 0 aromatic heterocycles. The molecule has 1 aliphatic carbocycles. The van der Waals surface area contributed by atoms with E-state index in [1.165, 1.54) is 11.0 Å². The molecule has 0 saturated carbocycles. The first-order chi connectivity index (χ1) is 10.5. The van der Waals surface area contributed by atoms with E-state index >= 15 is 0 Å². The van der Waals surface area contributed by atoms with E-state index in [4.69, 9.17) is 5.11 Å². The van der Waals surface area contributed by atoms with Gasteiger partial charge in [-0.2, -0.15) is 0 Å². The molecule has 1 atom stereocenters. The quantitative estimate of drug-likeness (QED) is 0.592. The van der Waals surface area contributed by atoms with Crippen LogP contribution in [0.2, 0.25) is 0 Å². The summed E-state index contributed by atoms with van der Waals surface area (Å²) < 4.78 is 0. The highest BCUT2D eigenvalue weighted by molar-refractivity contribution is 6.53. The van der Waals surface area contributed by atoms with Gasteiger partial charge < -0.3 is 10.0 Å². The molecule has 114 valence electrons. The average Bonchev–Trinajstić information content (AvgIpc) is 2.53. The minimum Gasteiger partial charge on any atom is -0.465 e. The number of Topliss-reactive ketones (excluding diaryl/α,β-unsaturated/α-hetero) is 3. The summed E-state index contributed by atoms with van der Waals surface area (Å²) in [6.07, 6.45) is -1.03. The van der Waals surface area contributed by atoms with Crippen LogP contribution >= 0.6 is 0 Å². The number of fused-ring (bicyclic) bond motifs is 1. The number of nitrogens with zero attached hydrogens (tertiary/aromatic N) is 2. The molecule has 1 fully saturated rings. The average molecular weight is 302 g/mol. The maximum absolute atomic E-state index is 12.5. The Labute approximate surface area is 126 Å². The van der Waals surface area contributed by atoms with E-state index in [1.807, 2.05) is 0 Å². The highest BCUT2D eigenvalue weighted by Crippen LogP contribution is 2.23. The van der Waals surface area contributed by atoms with Crippen LogP contribution in [0.1, 0.15) is 20.7 Å². The SMILES string of the molecule is O=C1C(=O)C(N2CCN(C(=O)O)CC2)C(=O)c2ccccc21. The summed E-state index contributed by atoms with van der Waals surface area (Å²) in [5, 5.41) is 8.93. The number of hydrogen-bond donors (Lipinski definition) is 1. The summed E-state index contributed by atoms with van der Waals surface area (Å²) in [5.74, 6) is -1.77. The monoisotopic (exact) mass is 302 g/mol. The Kier molecular flexibility index (Phi) is 3.50. The van der Waals surface area contributed by atoms with Gasteiger partial charge in [-0.15, -0.1) is 0 Å². The third-order valence-electron chi connectivity index (χ3n) is 4.11. The molecule has 1 unspecified atom stereocenters. The largest absolute Gasteiger partial charge is 0.465 e. The van der Waals surface area contributed by atoms with Crippen molar-refractivity contribution < 1.29 is 24.3 Å². The van der Waals surface area contributed by atoms with Gasteiger partial charge in [-0.1, -0.05) is 24.3 Å². The van der Waals surface area contributed by atoms with Gasteiger partial charge in [0.25, 0.3) is 0 Å². The molecule has 0 radical (unpaired) electrons. The second-order valence-corrected chi connectivity index (χ2v) is 5.31. The predicted molar refractivity (Wildman–Crippen MR) is 75.1 cm³/mol. The molecule has 1 aliphatic heterocycles. The van der Waals surface area contributed by atoms with Crippen molar-refractivity contribution in [2.45, 2.75) is 6.04 Å². The number of carbonyl (C=O) groups is 4. The lowest BCUT2D eigenvalue weighted by Crippen LogP contribution is -2.58. The fourth-order valence-electron chi connectivity index (χ4n) is 2.92. The predicted octanol–water partition coefficient (Wildman–Crippen LogP) is 0.299. The van der Waals surface area contributed by atoms with Gasteiger partial charge in [-0.05, 0) is 0 Å². The van der Waals surface area contributed by atoms with Gasteiger partial charge >= 0.3 is 6.09 Å². The molecule has 22 heavy (non-hydrogen) atoms. The summed E-state index contributed by atoms with van der Waals surface area (Å²) in [4.78, 5) is 50.7.